The van der Waals surface area contributed by atoms with Crippen LogP contribution in [0.1, 0.15) is 44.6 Å². The van der Waals surface area contributed by atoms with Gasteiger partial charge in [0.15, 0.2) is 0 Å². The van der Waals surface area contributed by atoms with Gasteiger partial charge in [-0.05, 0) is 50.1 Å². The van der Waals surface area contributed by atoms with Crippen molar-refractivity contribution in [3.63, 3.8) is 0 Å². The fourth-order valence-corrected chi connectivity index (χ4v) is 4.03. The van der Waals surface area contributed by atoms with Gasteiger partial charge in [0.25, 0.3) is 0 Å². The van der Waals surface area contributed by atoms with Gasteiger partial charge in [-0.1, -0.05) is 25.8 Å². The predicted octanol–water partition coefficient (Wildman–Crippen LogP) is 4.50. The van der Waals surface area contributed by atoms with Crippen molar-refractivity contribution in [2.75, 3.05) is 26.5 Å². The molecule has 1 atom stereocenters. The lowest BCUT2D eigenvalue weighted by Crippen LogP contribution is -2.38. The summed E-state index contributed by atoms with van der Waals surface area (Å²) in [5.74, 6) is 2.16. The van der Waals surface area contributed by atoms with Crippen molar-refractivity contribution in [2.45, 2.75) is 51.6 Å². The second-order valence-corrected chi connectivity index (χ2v) is 7.22. The number of ether oxygens (including phenoxy) is 2. The molecule has 1 unspecified atom stereocenters. The molecule has 2 aromatic rings. The third-order valence-electron chi connectivity index (χ3n) is 5.39. The monoisotopic (exact) mass is 369 g/mol. The Morgan fingerprint density at radius 2 is 1.96 bits per heavy atom. The molecule has 1 fully saturated rings. The van der Waals surface area contributed by atoms with Crippen LogP contribution in [0.4, 0.5) is 5.82 Å². The van der Waals surface area contributed by atoms with Gasteiger partial charge >= 0.3 is 0 Å². The standard InChI is InChI=1S/C22H31N3O2/c1-4-8-17-9-5-6-12-25(17)15-16-13-21(27-3)18(14-20(16)26-2)19-10-7-11-22(23)24-19/h7,10-11,13-14,17H,4-6,8-9,12,15H2,1-3H3,(H2,23,24). The maximum Gasteiger partial charge on any atom is 0.128 e. The van der Waals surface area contributed by atoms with E-state index in [4.69, 9.17) is 15.2 Å². The molecule has 5 heteroatoms. The van der Waals surface area contributed by atoms with E-state index in [1.54, 1.807) is 20.3 Å². The largest absolute Gasteiger partial charge is 0.496 e. The smallest absolute Gasteiger partial charge is 0.128 e. The first-order chi connectivity index (χ1) is 13.2. The number of aromatic nitrogens is 1. The topological polar surface area (TPSA) is 60.6 Å². The molecule has 5 nitrogen and oxygen atoms in total. The summed E-state index contributed by atoms with van der Waals surface area (Å²) in [5, 5.41) is 0. The Kier molecular flexibility index (Phi) is 6.56. The van der Waals surface area contributed by atoms with Gasteiger partial charge in [0, 0.05) is 23.7 Å². The van der Waals surface area contributed by atoms with Crippen LogP contribution < -0.4 is 15.2 Å². The van der Waals surface area contributed by atoms with E-state index in [2.05, 4.69) is 22.9 Å². The Morgan fingerprint density at radius 1 is 1.15 bits per heavy atom. The number of rotatable bonds is 7. The van der Waals surface area contributed by atoms with Crippen molar-refractivity contribution >= 4 is 5.82 Å². The molecule has 146 valence electrons. The highest BCUT2D eigenvalue weighted by Crippen LogP contribution is 2.37. The van der Waals surface area contributed by atoms with Crippen molar-refractivity contribution in [1.29, 1.82) is 0 Å². The summed E-state index contributed by atoms with van der Waals surface area (Å²) in [5.41, 5.74) is 8.71. The lowest BCUT2D eigenvalue weighted by molar-refractivity contribution is 0.130. The summed E-state index contributed by atoms with van der Waals surface area (Å²) in [6, 6.07) is 10.4. The van der Waals surface area contributed by atoms with Gasteiger partial charge in [-0.15, -0.1) is 0 Å². The number of hydrogen-bond acceptors (Lipinski definition) is 5. The average molecular weight is 370 g/mol. The number of hydrogen-bond donors (Lipinski definition) is 1. The molecule has 0 saturated carbocycles. The van der Waals surface area contributed by atoms with Crippen LogP contribution in [0, 0.1) is 0 Å². The summed E-state index contributed by atoms with van der Waals surface area (Å²) < 4.78 is 11.4. The van der Waals surface area contributed by atoms with E-state index >= 15 is 0 Å². The van der Waals surface area contributed by atoms with Crippen LogP contribution in [0.5, 0.6) is 11.5 Å². The number of likely N-dealkylation sites (tertiary alicyclic amines) is 1. The van der Waals surface area contributed by atoms with E-state index in [-0.39, 0.29) is 0 Å². The fourth-order valence-electron chi connectivity index (χ4n) is 4.03. The first-order valence-electron chi connectivity index (χ1n) is 9.88. The molecule has 1 saturated heterocycles. The SMILES string of the molecule is CCCC1CCCCN1Cc1cc(OC)c(-c2cccc(N)n2)cc1OC. The van der Waals surface area contributed by atoms with E-state index in [9.17, 15) is 0 Å². The van der Waals surface area contributed by atoms with Crippen LogP contribution in [-0.4, -0.2) is 36.7 Å². The Bertz CT molecular complexity index is 761. The molecule has 3 rings (SSSR count). The number of pyridine rings is 1. The number of nitrogen functional groups attached to an aromatic ring is 1. The molecule has 1 aliphatic heterocycles. The van der Waals surface area contributed by atoms with Crippen LogP contribution in [0.25, 0.3) is 11.3 Å². The van der Waals surface area contributed by atoms with E-state index in [0.29, 0.717) is 11.9 Å². The van der Waals surface area contributed by atoms with Crippen LogP contribution in [0.3, 0.4) is 0 Å². The van der Waals surface area contributed by atoms with Crippen molar-refractivity contribution in [3.8, 4) is 22.8 Å². The summed E-state index contributed by atoms with van der Waals surface area (Å²) in [7, 11) is 3.42. The molecular formula is C22H31N3O2. The molecule has 0 amide bonds. The summed E-state index contributed by atoms with van der Waals surface area (Å²) in [4.78, 5) is 7.04. The maximum absolute atomic E-state index is 5.87. The van der Waals surface area contributed by atoms with Gasteiger partial charge in [-0.2, -0.15) is 0 Å². The van der Waals surface area contributed by atoms with Crippen LogP contribution >= 0.6 is 0 Å². The Labute approximate surface area is 162 Å². The highest BCUT2D eigenvalue weighted by atomic mass is 16.5. The maximum atomic E-state index is 5.87. The van der Waals surface area contributed by atoms with E-state index < -0.39 is 0 Å². The van der Waals surface area contributed by atoms with Crippen molar-refractivity contribution in [3.05, 3.63) is 35.9 Å². The van der Waals surface area contributed by atoms with Crippen molar-refractivity contribution < 1.29 is 9.47 Å². The normalized spacial score (nSPS) is 17.7. The Hall–Kier alpha value is -2.27. The van der Waals surface area contributed by atoms with E-state index in [1.165, 1.54) is 32.1 Å². The second-order valence-electron chi connectivity index (χ2n) is 7.22. The first kappa shape index (κ1) is 19.5. The summed E-state index contributed by atoms with van der Waals surface area (Å²) in [6.45, 7) is 4.30. The van der Waals surface area contributed by atoms with Gasteiger partial charge in [-0.25, -0.2) is 4.98 Å². The highest BCUT2D eigenvalue weighted by Gasteiger charge is 2.23. The van der Waals surface area contributed by atoms with Gasteiger partial charge < -0.3 is 15.2 Å². The Balaban J connectivity index is 1.94. The fraction of sp³-hybridized carbons (Fsp3) is 0.500. The van der Waals surface area contributed by atoms with Gasteiger partial charge in [-0.3, -0.25) is 4.90 Å². The molecule has 2 N–H and O–H groups in total. The van der Waals surface area contributed by atoms with Crippen LogP contribution in [0.2, 0.25) is 0 Å². The predicted molar refractivity (Wildman–Crippen MR) is 110 cm³/mol. The Morgan fingerprint density at radius 3 is 2.67 bits per heavy atom. The van der Waals surface area contributed by atoms with Crippen LogP contribution in [-0.2, 0) is 6.54 Å². The number of methoxy groups -OCH3 is 2. The molecular weight excluding hydrogens is 338 g/mol. The summed E-state index contributed by atoms with van der Waals surface area (Å²) in [6.07, 6.45) is 6.37. The van der Waals surface area contributed by atoms with Gasteiger partial charge in [0.05, 0.1) is 19.9 Å². The zero-order valence-corrected chi connectivity index (χ0v) is 16.7. The highest BCUT2D eigenvalue weighted by molar-refractivity contribution is 5.71. The molecule has 1 aliphatic rings. The van der Waals surface area contributed by atoms with Crippen LogP contribution in [0.15, 0.2) is 30.3 Å². The third-order valence-corrected chi connectivity index (χ3v) is 5.39. The summed E-state index contributed by atoms with van der Waals surface area (Å²) >= 11 is 0. The first-order valence-corrected chi connectivity index (χ1v) is 9.88. The zero-order valence-electron chi connectivity index (χ0n) is 16.7. The molecule has 1 aromatic carbocycles. The minimum atomic E-state index is 0.494. The number of nitrogens with two attached hydrogens (primary N) is 1. The number of nitrogens with zero attached hydrogens (tertiary/aromatic N) is 2. The molecule has 27 heavy (non-hydrogen) atoms. The molecule has 1 aromatic heterocycles. The minimum absolute atomic E-state index is 0.494. The van der Waals surface area contributed by atoms with Gasteiger partial charge in [0.1, 0.15) is 17.3 Å². The number of anilines is 1. The number of benzene rings is 1. The molecule has 0 aliphatic carbocycles. The van der Waals surface area contributed by atoms with E-state index in [0.717, 1.165) is 41.4 Å². The number of piperidine rings is 1. The molecule has 0 spiro atoms. The third kappa shape index (κ3) is 4.53. The van der Waals surface area contributed by atoms with Crippen molar-refractivity contribution in [1.82, 2.24) is 9.88 Å². The van der Waals surface area contributed by atoms with E-state index in [1.807, 2.05) is 18.2 Å². The minimum Gasteiger partial charge on any atom is -0.496 e. The van der Waals surface area contributed by atoms with Gasteiger partial charge in [0.2, 0.25) is 0 Å². The molecule has 2 heterocycles. The lowest BCUT2D eigenvalue weighted by atomic mass is 9.97. The molecule has 0 radical (unpaired) electrons. The van der Waals surface area contributed by atoms with Crippen molar-refractivity contribution in [2.24, 2.45) is 0 Å². The average Bonchev–Trinajstić information content (AvgIpc) is 2.69. The quantitative estimate of drug-likeness (QED) is 0.778. The molecule has 0 bridgehead atoms. The second kappa shape index (κ2) is 9.09. The zero-order chi connectivity index (χ0) is 19.2. The lowest BCUT2D eigenvalue weighted by Gasteiger charge is -2.36.